The van der Waals surface area contributed by atoms with Gasteiger partial charge in [0.2, 0.25) is 0 Å². The summed E-state index contributed by atoms with van der Waals surface area (Å²) in [4.78, 5) is 6.53. The van der Waals surface area contributed by atoms with Gasteiger partial charge in [0, 0.05) is 12.6 Å². The smallest absolute Gasteiger partial charge is 0.293 e. The zero-order chi connectivity index (χ0) is 13.1. The van der Waals surface area contributed by atoms with Gasteiger partial charge >= 0.3 is 0 Å². The van der Waals surface area contributed by atoms with Crippen LogP contribution in [0.2, 0.25) is 0 Å². The molecule has 3 rings (SSSR count). The van der Waals surface area contributed by atoms with E-state index in [1.54, 1.807) is 18.4 Å². The van der Waals surface area contributed by atoms with Crippen LogP contribution in [0.25, 0.3) is 11.7 Å². The van der Waals surface area contributed by atoms with Gasteiger partial charge in [0.15, 0.2) is 11.6 Å². The summed E-state index contributed by atoms with van der Waals surface area (Å²) in [5.41, 5.74) is 0. The lowest BCUT2D eigenvalue weighted by atomic mass is 9.91. The van der Waals surface area contributed by atoms with Gasteiger partial charge in [-0.2, -0.15) is 4.98 Å². The van der Waals surface area contributed by atoms with E-state index in [2.05, 4.69) is 15.0 Å². The molecule has 0 aliphatic heterocycles. The van der Waals surface area contributed by atoms with Crippen molar-refractivity contribution in [2.24, 2.45) is 0 Å². The second-order valence-corrected chi connectivity index (χ2v) is 4.77. The summed E-state index contributed by atoms with van der Waals surface area (Å²) in [5.74, 6) is 1.61. The van der Waals surface area contributed by atoms with Gasteiger partial charge in [-0.3, -0.25) is 4.90 Å². The van der Waals surface area contributed by atoms with Crippen molar-refractivity contribution < 1.29 is 14.0 Å². The molecule has 0 radical (unpaired) electrons. The van der Waals surface area contributed by atoms with Crippen molar-refractivity contribution >= 4 is 0 Å². The van der Waals surface area contributed by atoms with Crippen LogP contribution in [0, 0.1) is 0 Å². The van der Waals surface area contributed by atoms with Crippen molar-refractivity contribution in [3.8, 4) is 11.7 Å². The highest BCUT2D eigenvalue weighted by Crippen LogP contribution is 2.26. The van der Waals surface area contributed by atoms with E-state index in [-0.39, 0.29) is 6.61 Å². The lowest BCUT2D eigenvalue weighted by Gasteiger charge is -2.36. The number of rotatable bonds is 6. The zero-order valence-electron chi connectivity index (χ0n) is 10.7. The summed E-state index contributed by atoms with van der Waals surface area (Å²) in [7, 11) is 0. The van der Waals surface area contributed by atoms with Gasteiger partial charge in [0.1, 0.15) is 0 Å². The third-order valence-corrected chi connectivity index (χ3v) is 3.52. The number of aromatic nitrogens is 2. The summed E-state index contributed by atoms with van der Waals surface area (Å²) in [6.07, 6.45) is 5.20. The molecule has 0 aromatic carbocycles. The van der Waals surface area contributed by atoms with Gasteiger partial charge < -0.3 is 14.0 Å². The van der Waals surface area contributed by atoms with Crippen molar-refractivity contribution in [1.29, 1.82) is 0 Å². The molecule has 0 atom stereocenters. The molecule has 19 heavy (non-hydrogen) atoms. The summed E-state index contributed by atoms with van der Waals surface area (Å²) in [6.45, 7) is 1.41. The SMILES string of the molecule is OCCN(Cc1noc(-c2ccco2)n1)C1CCC1. The molecular weight excluding hydrogens is 246 g/mol. The second kappa shape index (κ2) is 5.54. The van der Waals surface area contributed by atoms with Crippen LogP contribution >= 0.6 is 0 Å². The number of hydrogen-bond acceptors (Lipinski definition) is 6. The van der Waals surface area contributed by atoms with Gasteiger partial charge in [-0.05, 0) is 25.0 Å². The Bertz CT molecular complexity index is 505. The van der Waals surface area contributed by atoms with Crippen LogP contribution in [0.15, 0.2) is 27.3 Å². The molecule has 1 aliphatic rings. The van der Waals surface area contributed by atoms with Crippen LogP contribution < -0.4 is 0 Å². The van der Waals surface area contributed by atoms with E-state index in [1.165, 1.54) is 19.3 Å². The molecule has 2 heterocycles. The fourth-order valence-corrected chi connectivity index (χ4v) is 2.27. The van der Waals surface area contributed by atoms with E-state index in [0.29, 0.717) is 36.6 Å². The van der Waals surface area contributed by atoms with Crippen LogP contribution in [0.5, 0.6) is 0 Å². The Balaban J connectivity index is 1.68. The van der Waals surface area contributed by atoms with Gasteiger partial charge in [-0.1, -0.05) is 11.6 Å². The summed E-state index contributed by atoms with van der Waals surface area (Å²) in [6, 6.07) is 4.11. The number of hydrogen-bond donors (Lipinski definition) is 1. The molecule has 2 aromatic rings. The average Bonchev–Trinajstić information content (AvgIpc) is 2.95. The monoisotopic (exact) mass is 263 g/mol. The first kappa shape index (κ1) is 12.4. The third kappa shape index (κ3) is 2.69. The van der Waals surface area contributed by atoms with Crippen molar-refractivity contribution in [2.75, 3.05) is 13.2 Å². The Morgan fingerprint density at radius 1 is 1.42 bits per heavy atom. The highest BCUT2D eigenvalue weighted by Gasteiger charge is 2.26. The predicted molar refractivity (Wildman–Crippen MR) is 67.1 cm³/mol. The quantitative estimate of drug-likeness (QED) is 0.854. The minimum Gasteiger partial charge on any atom is -0.459 e. The number of nitrogens with zero attached hydrogens (tertiary/aromatic N) is 3. The summed E-state index contributed by atoms with van der Waals surface area (Å²) >= 11 is 0. The Hall–Kier alpha value is -1.66. The first-order valence-corrected chi connectivity index (χ1v) is 6.58. The highest BCUT2D eigenvalue weighted by molar-refractivity contribution is 5.42. The predicted octanol–water partition coefficient (Wildman–Crippen LogP) is 1.68. The second-order valence-electron chi connectivity index (χ2n) is 4.77. The van der Waals surface area contributed by atoms with E-state index in [4.69, 9.17) is 14.0 Å². The molecule has 0 spiro atoms. The largest absolute Gasteiger partial charge is 0.459 e. The normalized spacial score (nSPS) is 15.9. The molecule has 6 heteroatoms. The molecule has 102 valence electrons. The van der Waals surface area contributed by atoms with Crippen LogP contribution in [0.1, 0.15) is 25.1 Å². The minimum atomic E-state index is 0.152. The molecule has 0 amide bonds. The molecule has 1 fully saturated rings. The van der Waals surface area contributed by atoms with Gasteiger partial charge in [0.05, 0.1) is 19.4 Å². The molecule has 2 aromatic heterocycles. The van der Waals surface area contributed by atoms with Crippen molar-refractivity contribution in [2.45, 2.75) is 31.8 Å². The number of aliphatic hydroxyl groups excluding tert-OH is 1. The van der Waals surface area contributed by atoms with Crippen molar-refractivity contribution in [3.63, 3.8) is 0 Å². The van der Waals surface area contributed by atoms with Crippen LogP contribution in [0.3, 0.4) is 0 Å². The van der Waals surface area contributed by atoms with Crippen molar-refractivity contribution in [1.82, 2.24) is 15.0 Å². The van der Waals surface area contributed by atoms with Crippen LogP contribution in [-0.4, -0.2) is 39.3 Å². The maximum atomic E-state index is 9.12. The number of furan rings is 1. The standard InChI is InChI=1S/C13H17N3O3/c17-7-6-16(10-3-1-4-10)9-12-14-13(19-15-12)11-5-2-8-18-11/h2,5,8,10,17H,1,3-4,6-7,9H2. The Kier molecular flexibility index (Phi) is 3.61. The molecule has 0 unspecified atom stereocenters. The average molecular weight is 263 g/mol. The molecule has 1 saturated carbocycles. The van der Waals surface area contributed by atoms with E-state index in [0.717, 1.165) is 0 Å². The molecule has 1 N–H and O–H groups in total. The maximum Gasteiger partial charge on any atom is 0.293 e. The van der Waals surface area contributed by atoms with Crippen LogP contribution in [0.4, 0.5) is 0 Å². The maximum absolute atomic E-state index is 9.12. The first-order chi connectivity index (χ1) is 9.36. The van der Waals surface area contributed by atoms with E-state index < -0.39 is 0 Å². The fraction of sp³-hybridized carbons (Fsp3) is 0.538. The molecule has 6 nitrogen and oxygen atoms in total. The summed E-state index contributed by atoms with van der Waals surface area (Å²) in [5, 5.41) is 13.1. The molecule has 0 bridgehead atoms. The van der Waals surface area contributed by atoms with Crippen molar-refractivity contribution in [3.05, 3.63) is 24.2 Å². The molecule has 0 saturated heterocycles. The lowest BCUT2D eigenvalue weighted by Crippen LogP contribution is -2.41. The number of aliphatic hydroxyl groups is 1. The topological polar surface area (TPSA) is 75.5 Å². The Morgan fingerprint density at radius 3 is 2.95 bits per heavy atom. The van der Waals surface area contributed by atoms with E-state index >= 15 is 0 Å². The molecule has 1 aliphatic carbocycles. The first-order valence-electron chi connectivity index (χ1n) is 6.58. The molecular formula is C13H17N3O3. The zero-order valence-corrected chi connectivity index (χ0v) is 10.7. The lowest BCUT2D eigenvalue weighted by molar-refractivity contribution is 0.0912. The minimum absolute atomic E-state index is 0.152. The van der Waals surface area contributed by atoms with Crippen LogP contribution in [-0.2, 0) is 6.54 Å². The van der Waals surface area contributed by atoms with Gasteiger partial charge in [0.25, 0.3) is 5.89 Å². The third-order valence-electron chi connectivity index (χ3n) is 3.52. The highest BCUT2D eigenvalue weighted by atomic mass is 16.5. The Labute approximate surface area is 111 Å². The van der Waals surface area contributed by atoms with Gasteiger partial charge in [-0.15, -0.1) is 0 Å². The van der Waals surface area contributed by atoms with Gasteiger partial charge in [-0.25, -0.2) is 0 Å². The van der Waals surface area contributed by atoms with E-state index in [1.807, 2.05) is 0 Å². The fourth-order valence-electron chi connectivity index (χ4n) is 2.27. The van der Waals surface area contributed by atoms with E-state index in [9.17, 15) is 0 Å². The Morgan fingerprint density at radius 2 is 2.32 bits per heavy atom. The summed E-state index contributed by atoms with van der Waals surface area (Å²) < 4.78 is 10.4.